The number of fused-ring (bicyclic) bond motifs is 4. The predicted octanol–water partition coefficient (Wildman–Crippen LogP) is 7.55. The average Bonchev–Trinajstić information content (AvgIpc) is 4.02. The van der Waals surface area contributed by atoms with E-state index >= 15 is 8.78 Å². The van der Waals surface area contributed by atoms with E-state index in [-0.39, 0.29) is 57.2 Å². The molecule has 2 aromatic heterocycles. The molecule has 1 spiro atoms. The summed E-state index contributed by atoms with van der Waals surface area (Å²) in [6.45, 7) is 7.26. The Kier molecular flexibility index (Phi) is 10.9. The van der Waals surface area contributed by atoms with Crippen LogP contribution in [0.2, 0.25) is 0 Å². The zero-order chi connectivity index (χ0) is 46.3. The van der Waals surface area contributed by atoms with Crippen LogP contribution in [0.5, 0.6) is 11.8 Å². The molecule has 0 radical (unpaired) electrons. The second kappa shape index (κ2) is 17.0. The number of carbonyl (C=O) groups excluding carboxylic acids is 2. The molecule has 2 bridgehead atoms. The van der Waals surface area contributed by atoms with Gasteiger partial charge in [-0.3, -0.25) is 19.9 Å². The van der Waals surface area contributed by atoms with Crippen molar-refractivity contribution in [3.63, 3.8) is 0 Å². The third-order valence-electron chi connectivity index (χ3n) is 17.0. The summed E-state index contributed by atoms with van der Waals surface area (Å²) in [7, 11) is 0. The quantitative estimate of drug-likeness (QED) is 0.0947. The Bertz CT molecular complexity index is 2850. The molecule has 5 aliphatic heterocycles. The Morgan fingerprint density at radius 1 is 0.882 bits per heavy atom. The van der Waals surface area contributed by atoms with E-state index in [4.69, 9.17) is 21.1 Å². The van der Waals surface area contributed by atoms with Crippen molar-refractivity contribution >= 4 is 39.3 Å². The minimum absolute atomic E-state index is 0.00693. The summed E-state index contributed by atoms with van der Waals surface area (Å²) >= 11 is 0. The summed E-state index contributed by atoms with van der Waals surface area (Å²) in [6, 6.07) is 15.6. The van der Waals surface area contributed by atoms with E-state index in [1.54, 1.807) is 6.20 Å². The normalized spacial score (nSPS) is 25.1. The maximum Gasteiger partial charge on any atom is 0.319 e. The van der Waals surface area contributed by atoms with Crippen LogP contribution in [0.4, 0.5) is 14.6 Å². The number of hydrogen-bond acceptors (Lipinski definition) is 11. The second-order valence-electron chi connectivity index (χ2n) is 21.3. The van der Waals surface area contributed by atoms with Crippen molar-refractivity contribution in [2.24, 2.45) is 10.8 Å². The molecule has 2 aliphatic carbocycles. The molecule has 14 heteroatoms. The van der Waals surface area contributed by atoms with Crippen molar-refractivity contribution in [3.8, 4) is 35.4 Å². The van der Waals surface area contributed by atoms with Crippen molar-refractivity contribution in [1.29, 1.82) is 0 Å². The molecule has 3 N–H and O–H groups in total. The molecular formula is C54H58F2N8O4. The van der Waals surface area contributed by atoms with Gasteiger partial charge in [-0.15, -0.1) is 6.42 Å². The van der Waals surface area contributed by atoms with Crippen molar-refractivity contribution < 1.29 is 28.2 Å². The van der Waals surface area contributed by atoms with Gasteiger partial charge < -0.3 is 29.9 Å². The zero-order valence-corrected chi connectivity index (χ0v) is 38.4. The number of imide groups is 1. The molecule has 352 valence electrons. The molecule has 3 unspecified atom stereocenters. The number of carbonyl (C=O) groups is 2. The number of halogens is 2. The molecule has 3 atom stereocenters. The third kappa shape index (κ3) is 8.03. The molecule has 12 rings (SSSR count). The van der Waals surface area contributed by atoms with Gasteiger partial charge in [0, 0.05) is 66.7 Å². The fourth-order valence-corrected chi connectivity index (χ4v) is 12.9. The summed E-state index contributed by atoms with van der Waals surface area (Å²) in [6.07, 6.45) is 19.9. The largest absolute Gasteiger partial charge is 0.508 e. The summed E-state index contributed by atoms with van der Waals surface area (Å²) in [5.74, 6) is 1.50. The topological polar surface area (TPSA) is 136 Å². The standard InChI is InChI=1S/C54H58F2N8O4/c1-2-40-44(55)11-7-35-23-39(65)24-42(46(35)40)48-47(56)49-43(27-57-48)50(64-28-36-8-9-37(29-64)58-36)61-52(60-49)68-31-54(15-16-54)30-62-21-17-53(18-22-62)25-38(26-53)63-19-13-33(14-20-63)32-3-5-34(6-4-32)41-10-12-45(66)59-51(41)67/h1,3-7,11,23-24,27,33,36-38,41,58,65H,8-10,12-22,25-26,28-31H2,(H,59,66,67). The van der Waals surface area contributed by atoms with E-state index in [9.17, 15) is 14.7 Å². The predicted molar refractivity (Wildman–Crippen MR) is 255 cm³/mol. The van der Waals surface area contributed by atoms with Gasteiger partial charge in [0.25, 0.3) is 0 Å². The SMILES string of the molecule is C#Cc1c(F)ccc2cc(O)cc(-c3ncc4c(N5CC6CCC(C5)N6)nc(OCC5(CN6CCC7(CC6)CC(N6CCC(c8ccc(C9CCC(=O)NC9=O)cc8)CC6)C7)CC5)nc4c3F)c12. The lowest BCUT2D eigenvalue weighted by Gasteiger charge is -2.56. The van der Waals surface area contributed by atoms with E-state index in [1.165, 1.54) is 55.5 Å². The van der Waals surface area contributed by atoms with Crippen LogP contribution < -0.4 is 20.3 Å². The molecule has 7 heterocycles. The number of phenols is 1. The number of terminal acetylenes is 1. The van der Waals surface area contributed by atoms with Crippen LogP contribution in [-0.2, 0) is 9.59 Å². The summed E-state index contributed by atoms with van der Waals surface area (Å²) < 4.78 is 38.7. The van der Waals surface area contributed by atoms with Crippen LogP contribution in [0.1, 0.15) is 106 Å². The van der Waals surface area contributed by atoms with Gasteiger partial charge in [-0.1, -0.05) is 36.3 Å². The van der Waals surface area contributed by atoms with Gasteiger partial charge in [0.05, 0.1) is 23.5 Å². The number of amides is 2. The maximum atomic E-state index is 17.1. The number of aromatic hydroxyl groups is 1. The Morgan fingerprint density at radius 3 is 2.32 bits per heavy atom. The van der Waals surface area contributed by atoms with Crippen LogP contribution in [0.15, 0.2) is 54.7 Å². The van der Waals surface area contributed by atoms with Crippen LogP contribution in [0, 0.1) is 34.8 Å². The molecular weight excluding hydrogens is 863 g/mol. The van der Waals surface area contributed by atoms with Gasteiger partial charge in [-0.2, -0.15) is 9.97 Å². The van der Waals surface area contributed by atoms with E-state index in [1.807, 2.05) is 0 Å². The first kappa shape index (κ1) is 43.5. The maximum absolute atomic E-state index is 17.1. The van der Waals surface area contributed by atoms with Crippen molar-refractivity contribution in [2.75, 3.05) is 57.3 Å². The molecule has 2 saturated carbocycles. The number of rotatable bonds is 10. The number of ether oxygens (including phenoxy) is 1. The highest BCUT2D eigenvalue weighted by Gasteiger charge is 2.51. The minimum atomic E-state index is -0.713. The molecule has 12 nitrogen and oxygen atoms in total. The summed E-state index contributed by atoms with van der Waals surface area (Å²) in [5.41, 5.74) is 2.91. The Morgan fingerprint density at radius 2 is 1.62 bits per heavy atom. The average molecular weight is 921 g/mol. The smallest absolute Gasteiger partial charge is 0.319 e. The summed E-state index contributed by atoms with van der Waals surface area (Å²) in [5, 5.41) is 18.1. The number of piperidine rings is 3. The van der Waals surface area contributed by atoms with Gasteiger partial charge >= 0.3 is 6.01 Å². The van der Waals surface area contributed by atoms with E-state index in [2.05, 4.69) is 60.5 Å². The molecule has 68 heavy (non-hydrogen) atoms. The lowest BCUT2D eigenvalue weighted by Crippen LogP contribution is -2.56. The number of piperazine rings is 1. The number of anilines is 1. The number of nitrogens with zero attached hydrogens (tertiary/aromatic N) is 6. The Hall–Kier alpha value is -5.75. The number of likely N-dealkylation sites (tertiary alicyclic amines) is 2. The van der Waals surface area contributed by atoms with Crippen LogP contribution in [0.3, 0.4) is 0 Å². The van der Waals surface area contributed by atoms with Crippen LogP contribution in [0.25, 0.3) is 32.9 Å². The molecule has 5 saturated heterocycles. The fraction of sp³-hybridized carbons (Fsp3) is 0.500. The first-order valence-electron chi connectivity index (χ1n) is 24.8. The Balaban J connectivity index is 0.690. The van der Waals surface area contributed by atoms with Crippen molar-refractivity contribution in [3.05, 3.63) is 83.1 Å². The first-order valence-corrected chi connectivity index (χ1v) is 24.8. The molecule has 7 aliphatic rings. The van der Waals surface area contributed by atoms with E-state index in [0.717, 1.165) is 89.9 Å². The first-order chi connectivity index (χ1) is 33.0. The van der Waals surface area contributed by atoms with Crippen molar-refractivity contribution in [1.82, 2.24) is 35.4 Å². The van der Waals surface area contributed by atoms with Gasteiger partial charge in [0.2, 0.25) is 11.8 Å². The number of nitrogens with one attached hydrogen (secondary N) is 2. The highest BCUT2D eigenvalue weighted by Crippen LogP contribution is 2.53. The second-order valence-corrected chi connectivity index (χ2v) is 21.3. The minimum Gasteiger partial charge on any atom is -0.508 e. The lowest BCUT2D eigenvalue weighted by atomic mass is 9.59. The van der Waals surface area contributed by atoms with E-state index in [0.29, 0.717) is 70.9 Å². The number of aromatic nitrogens is 3. The van der Waals surface area contributed by atoms with E-state index < -0.39 is 11.6 Å². The van der Waals surface area contributed by atoms with Gasteiger partial charge in [-0.25, -0.2) is 8.78 Å². The number of benzene rings is 3. The monoisotopic (exact) mass is 920 g/mol. The number of phenolic OH excluding ortho intramolecular Hbond substituents is 1. The van der Waals surface area contributed by atoms with Crippen LogP contribution in [-0.4, -0.2) is 112 Å². The van der Waals surface area contributed by atoms with Gasteiger partial charge in [0.15, 0.2) is 5.82 Å². The highest BCUT2D eigenvalue weighted by molar-refractivity contribution is 6.03. The molecule has 7 fully saturated rings. The van der Waals surface area contributed by atoms with Gasteiger partial charge in [0.1, 0.15) is 28.6 Å². The third-order valence-corrected chi connectivity index (χ3v) is 17.0. The Labute approximate surface area is 395 Å². The van der Waals surface area contributed by atoms with Crippen molar-refractivity contribution in [2.45, 2.75) is 107 Å². The number of pyridine rings is 1. The fourth-order valence-electron chi connectivity index (χ4n) is 12.9. The number of hydrogen-bond donors (Lipinski definition) is 3. The van der Waals surface area contributed by atoms with Gasteiger partial charge in [-0.05, 0) is 143 Å². The summed E-state index contributed by atoms with van der Waals surface area (Å²) in [4.78, 5) is 45.9. The van der Waals surface area contributed by atoms with Crippen LogP contribution >= 0.6 is 0 Å². The molecule has 2 amide bonds. The highest BCUT2D eigenvalue weighted by atomic mass is 19.1. The molecule has 3 aromatic carbocycles. The molecule has 5 aromatic rings. The lowest BCUT2D eigenvalue weighted by molar-refractivity contribution is -0.134. The zero-order valence-electron chi connectivity index (χ0n) is 38.4.